The number of thioether (sulfide) groups is 1. The second-order valence-electron chi connectivity index (χ2n) is 4.82. The summed E-state index contributed by atoms with van der Waals surface area (Å²) in [7, 11) is 0. The number of nitrogens with zero attached hydrogens (tertiary/aromatic N) is 3. The lowest BCUT2D eigenvalue weighted by Gasteiger charge is -2.20. The zero-order valence-electron chi connectivity index (χ0n) is 12.2. The average Bonchev–Trinajstić information content (AvgIpc) is 2.83. The Morgan fingerprint density at radius 1 is 1.33 bits per heavy atom. The summed E-state index contributed by atoms with van der Waals surface area (Å²) in [6.07, 6.45) is 2.87. The van der Waals surface area contributed by atoms with Gasteiger partial charge in [0.05, 0.1) is 6.04 Å². The Morgan fingerprint density at radius 3 is 2.61 bits per heavy atom. The van der Waals surface area contributed by atoms with Gasteiger partial charge in [-0.1, -0.05) is 20.8 Å². The van der Waals surface area contributed by atoms with Crippen molar-refractivity contribution in [1.29, 1.82) is 0 Å². The molecule has 1 aromatic rings. The van der Waals surface area contributed by atoms with Crippen LogP contribution in [0.15, 0.2) is 6.33 Å². The summed E-state index contributed by atoms with van der Waals surface area (Å²) < 4.78 is 2.02. The lowest BCUT2D eigenvalue weighted by molar-refractivity contribution is 0.460. The van der Waals surface area contributed by atoms with E-state index in [9.17, 15) is 0 Å². The van der Waals surface area contributed by atoms with Crippen molar-refractivity contribution in [2.75, 3.05) is 12.3 Å². The normalized spacial score (nSPS) is 15.0. The molecule has 5 heteroatoms. The van der Waals surface area contributed by atoms with Gasteiger partial charge in [0, 0.05) is 17.0 Å². The first-order valence-electron chi connectivity index (χ1n) is 6.84. The van der Waals surface area contributed by atoms with E-state index in [0.717, 1.165) is 18.1 Å². The molecule has 0 aromatic carbocycles. The fourth-order valence-corrected chi connectivity index (χ4v) is 2.78. The molecule has 0 aliphatic heterocycles. The summed E-state index contributed by atoms with van der Waals surface area (Å²) in [6.45, 7) is 11.9. The molecule has 1 rings (SSSR count). The van der Waals surface area contributed by atoms with Crippen LogP contribution in [0.4, 0.5) is 0 Å². The Labute approximate surface area is 115 Å². The molecule has 2 atom stereocenters. The topological polar surface area (TPSA) is 42.7 Å². The molecule has 1 aromatic heterocycles. The first-order valence-corrected chi connectivity index (χ1v) is 7.89. The van der Waals surface area contributed by atoms with Crippen LogP contribution < -0.4 is 5.32 Å². The summed E-state index contributed by atoms with van der Waals surface area (Å²) in [5.41, 5.74) is 0. The summed E-state index contributed by atoms with van der Waals surface area (Å²) in [6, 6.07) is 0.649. The molecule has 4 nitrogen and oxygen atoms in total. The van der Waals surface area contributed by atoms with Crippen molar-refractivity contribution in [3.63, 3.8) is 0 Å². The highest BCUT2D eigenvalue weighted by molar-refractivity contribution is 7.99. The summed E-state index contributed by atoms with van der Waals surface area (Å²) in [5, 5.41) is 8.53. The van der Waals surface area contributed by atoms with Crippen LogP contribution in [0.3, 0.4) is 0 Å². The zero-order chi connectivity index (χ0) is 13.5. The van der Waals surface area contributed by atoms with Gasteiger partial charge in [-0.3, -0.25) is 0 Å². The molecule has 0 fully saturated rings. The van der Waals surface area contributed by atoms with Crippen LogP contribution in [-0.4, -0.2) is 32.3 Å². The molecule has 0 aliphatic rings. The quantitative estimate of drug-likeness (QED) is 0.788. The number of hydrogen-bond donors (Lipinski definition) is 1. The van der Waals surface area contributed by atoms with Crippen LogP contribution in [0.5, 0.6) is 0 Å². The predicted molar refractivity (Wildman–Crippen MR) is 79.0 cm³/mol. The largest absolute Gasteiger partial charge is 0.307 e. The molecule has 0 spiro atoms. The van der Waals surface area contributed by atoms with Gasteiger partial charge in [-0.2, -0.15) is 16.9 Å². The van der Waals surface area contributed by atoms with Crippen LogP contribution in [0.25, 0.3) is 0 Å². The molecule has 0 saturated carbocycles. The molecule has 104 valence electrons. The van der Waals surface area contributed by atoms with E-state index in [1.807, 2.05) is 16.4 Å². The third-order valence-electron chi connectivity index (χ3n) is 2.97. The van der Waals surface area contributed by atoms with Crippen molar-refractivity contribution < 1.29 is 0 Å². The van der Waals surface area contributed by atoms with E-state index in [4.69, 9.17) is 0 Å². The standard InChI is InChI=1S/C13H26N4S/c1-6-11(5)18-8-12(14-7-2)13-15-9-16-17(13)10(3)4/h9-12,14H,6-8H2,1-5H3. The second kappa shape index (κ2) is 7.79. The highest BCUT2D eigenvalue weighted by Crippen LogP contribution is 2.22. The molecule has 1 N–H and O–H groups in total. The summed E-state index contributed by atoms with van der Waals surface area (Å²) >= 11 is 2.00. The van der Waals surface area contributed by atoms with E-state index in [1.54, 1.807) is 6.33 Å². The first-order chi connectivity index (χ1) is 8.60. The minimum Gasteiger partial charge on any atom is -0.307 e. The fourth-order valence-electron chi connectivity index (χ4n) is 1.76. The van der Waals surface area contributed by atoms with Crippen LogP contribution in [0.2, 0.25) is 0 Å². The molecular formula is C13H26N4S. The van der Waals surface area contributed by atoms with Crippen molar-refractivity contribution in [3.05, 3.63) is 12.2 Å². The Balaban J connectivity index is 2.73. The maximum Gasteiger partial charge on any atom is 0.145 e. The van der Waals surface area contributed by atoms with Gasteiger partial charge in [0.25, 0.3) is 0 Å². The number of aromatic nitrogens is 3. The lowest BCUT2D eigenvalue weighted by Crippen LogP contribution is -2.27. The average molecular weight is 270 g/mol. The Hall–Kier alpha value is -0.550. The summed E-state index contributed by atoms with van der Waals surface area (Å²) in [5.74, 6) is 2.11. The molecule has 0 aliphatic carbocycles. The van der Waals surface area contributed by atoms with Gasteiger partial charge < -0.3 is 5.32 Å². The maximum absolute atomic E-state index is 4.44. The van der Waals surface area contributed by atoms with E-state index in [-0.39, 0.29) is 0 Å². The fraction of sp³-hybridized carbons (Fsp3) is 0.846. The second-order valence-corrected chi connectivity index (χ2v) is 6.29. The number of rotatable bonds is 8. The predicted octanol–water partition coefficient (Wildman–Crippen LogP) is 3.04. The van der Waals surface area contributed by atoms with E-state index in [2.05, 4.69) is 50.0 Å². The Bertz CT molecular complexity index is 337. The van der Waals surface area contributed by atoms with Crippen LogP contribution >= 0.6 is 11.8 Å². The van der Waals surface area contributed by atoms with Gasteiger partial charge >= 0.3 is 0 Å². The third-order valence-corrected chi connectivity index (χ3v) is 4.40. The molecule has 0 radical (unpaired) electrons. The van der Waals surface area contributed by atoms with E-state index >= 15 is 0 Å². The molecule has 0 saturated heterocycles. The van der Waals surface area contributed by atoms with Gasteiger partial charge in [-0.15, -0.1) is 0 Å². The molecule has 2 unspecified atom stereocenters. The van der Waals surface area contributed by atoms with Crippen LogP contribution in [0.1, 0.15) is 58.9 Å². The van der Waals surface area contributed by atoms with Crippen molar-refractivity contribution >= 4 is 11.8 Å². The van der Waals surface area contributed by atoms with Crippen molar-refractivity contribution in [2.24, 2.45) is 0 Å². The monoisotopic (exact) mass is 270 g/mol. The van der Waals surface area contributed by atoms with Crippen molar-refractivity contribution in [2.45, 2.75) is 58.4 Å². The van der Waals surface area contributed by atoms with Gasteiger partial charge in [0.1, 0.15) is 12.2 Å². The first kappa shape index (κ1) is 15.5. The highest BCUT2D eigenvalue weighted by atomic mass is 32.2. The Morgan fingerprint density at radius 2 is 2.06 bits per heavy atom. The smallest absolute Gasteiger partial charge is 0.145 e. The lowest BCUT2D eigenvalue weighted by atomic mass is 10.3. The summed E-state index contributed by atoms with van der Waals surface area (Å²) in [4.78, 5) is 4.44. The van der Waals surface area contributed by atoms with E-state index < -0.39 is 0 Å². The van der Waals surface area contributed by atoms with Gasteiger partial charge in [0.15, 0.2) is 0 Å². The minimum atomic E-state index is 0.291. The minimum absolute atomic E-state index is 0.291. The van der Waals surface area contributed by atoms with Gasteiger partial charge in [0.2, 0.25) is 0 Å². The molecule has 0 bridgehead atoms. The van der Waals surface area contributed by atoms with E-state index in [0.29, 0.717) is 17.3 Å². The van der Waals surface area contributed by atoms with E-state index in [1.165, 1.54) is 6.42 Å². The maximum atomic E-state index is 4.44. The molecule has 18 heavy (non-hydrogen) atoms. The van der Waals surface area contributed by atoms with Gasteiger partial charge in [-0.05, 0) is 26.8 Å². The molecule has 0 amide bonds. The molecular weight excluding hydrogens is 244 g/mol. The van der Waals surface area contributed by atoms with Crippen LogP contribution in [0, 0.1) is 0 Å². The SMILES string of the molecule is CCNC(CSC(C)CC)c1ncnn1C(C)C. The van der Waals surface area contributed by atoms with Crippen molar-refractivity contribution in [1.82, 2.24) is 20.1 Å². The van der Waals surface area contributed by atoms with Crippen LogP contribution in [-0.2, 0) is 0 Å². The highest BCUT2D eigenvalue weighted by Gasteiger charge is 2.19. The number of hydrogen-bond acceptors (Lipinski definition) is 4. The van der Waals surface area contributed by atoms with Gasteiger partial charge in [-0.25, -0.2) is 9.67 Å². The Kier molecular flexibility index (Phi) is 6.71. The molecule has 1 heterocycles. The number of nitrogens with one attached hydrogen (secondary N) is 1. The van der Waals surface area contributed by atoms with Crippen molar-refractivity contribution in [3.8, 4) is 0 Å². The zero-order valence-corrected chi connectivity index (χ0v) is 13.0. The third kappa shape index (κ3) is 4.28.